The van der Waals surface area contributed by atoms with Gasteiger partial charge in [-0.25, -0.2) is 9.89 Å². The SMILES string of the molecule is CC1(O)CCC(NC(=O)O[C@@H]2CCN(c3cn[nH]c(=O)c3Cl)C2)CC1. The van der Waals surface area contributed by atoms with Gasteiger partial charge in [-0.15, -0.1) is 0 Å². The van der Waals surface area contributed by atoms with Gasteiger partial charge in [0.1, 0.15) is 11.1 Å². The highest BCUT2D eigenvalue weighted by Crippen LogP contribution is 2.28. The van der Waals surface area contributed by atoms with Crippen LogP contribution in [0.3, 0.4) is 0 Å². The van der Waals surface area contributed by atoms with E-state index in [1.54, 1.807) is 0 Å². The van der Waals surface area contributed by atoms with E-state index >= 15 is 0 Å². The van der Waals surface area contributed by atoms with Gasteiger partial charge in [-0.05, 0) is 32.6 Å². The lowest BCUT2D eigenvalue weighted by Gasteiger charge is -2.33. The molecule has 0 bridgehead atoms. The summed E-state index contributed by atoms with van der Waals surface area (Å²) in [6, 6.07) is 0.0385. The number of H-pyrrole nitrogens is 1. The van der Waals surface area contributed by atoms with Crippen molar-refractivity contribution >= 4 is 23.4 Å². The zero-order valence-corrected chi connectivity index (χ0v) is 14.9. The minimum atomic E-state index is -0.630. The molecule has 2 aliphatic rings. The fraction of sp³-hybridized carbons (Fsp3) is 0.688. The van der Waals surface area contributed by atoms with Crippen LogP contribution in [0.15, 0.2) is 11.0 Å². The van der Waals surface area contributed by atoms with Crippen molar-refractivity contribution in [1.29, 1.82) is 0 Å². The summed E-state index contributed by atoms with van der Waals surface area (Å²) < 4.78 is 5.48. The molecule has 1 atom stereocenters. The lowest BCUT2D eigenvalue weighted by molar-refractivity contribution is 0.0128. The smallest absolute Gasteiger partial charge is 0.407 e. The lowest BCUT2D eigenvalue weighted by atomic mass is 9.84. The average molecular weight is 371 g/mol. The van der Waals surface area contributed by atoms with Gasteiger partial charge in [-0.1, -0.05) is 11.6 Å². The average Bonchev–Trinajstić information content (AvgIpc) is 3.00. The summed E-state index contributed by atoms with van der Waals surface area (Å²) in [5.74, 6) is 0. The van der Waals surface area contributed by atoms with Gasteiger partial charge in [0.15, 0.2) is 0 Å². The number of carbonyl (C=O) groups excluding carboxylic acids is 1. The van der Waals surface area contributed by atoms with E-state index < -0.39 is 17.3 Å². The number of carbonyl (C=O) groups is 1. The Balaban J connectivity index is 1.49. The van der Waals surface area contributed by atoms with E-state index in [2.05, 4.69) is 15.5 Å². The third-order valence-corrected chi connectivity index (χ3v) is 5.29. The minimum Gasteiger partial charge on any atom is -0.444 e. The zero-order valence-electron chi connectivity index (χ0n) is 14.1. The van der Waals surface area contributed by atoms with E-state index in [0.29, 0.717) is 38.0 Å². The van der Waals surface area contributed by atoms with Crippen LogP contribution in [0.2, 0.25) is 5.02 Å². The fourth-order valence-electron chi connectivity index (χ4n) is 3.37. The molecular weight excluding hydrogens is 348 g/mol. The Labute approximate surface area is 150 Å². The molecule has 1 amide bonds. The molecule has 138 valence electrons. The number of anilines is 1. The summed E-state index contributed by atoms with van der Waals surface area (Å²) in [6.07, 6.45) is 4.29. The minimum absolute atomic E-state index is 0.0385. The highest BCUT2D eigenvalue weighted by atomic mass is 35.5. The number of aromatic nitrogens is 2. The summed E-state index contributed by atoms with van der Waals surface area (Å²) in [4.78, 5) is 25.5. The Bertz CT molecular complexity index is 683. The molecule has 0 unspecified atom stereocenters. The maximum atomic E-state index is 12.1. The molecule has 0 spiro atoms. The second-order valence-corrected chi connectivity index (χ2v) is 7.45. The standard InChI is InChI=1S/C16H23ClN4O4/c1-16(24)5-2-10(3-6-16)19-15(23)25-11-4-7-21(9-11)12-8-18-20-14(22)13(12)17/h8,10-11,24H,2-7,9H2,1H3,(H,19,23)(H,20,22)/t10?,11-,16?/m1/s1. The van der Waals surface area contributed by atoms with Gasteiger partial charge < -0.3 is 20.1 Å². The topological polar surface area (TPSA) is 108 Å². The molecule has 1 saturated carbocycles. The molecule has 1 saturated heterocycles. The maximum Gasteiger partial charge on any atom is 0.407 e. The Hall–Kier alpha value is -1.80. The number of rotatable bonds is 3. The summed E-state index contributed by atoms with van der Waals surface area (Å²) in [6.45, 7) is 2.93. The first kappa shape index (κ1) is 18.0. The Morgan fingerprint density at radius 2 is 2.20 bits per heavy atom. The van der Waals surface area contributed by atoms with E-state index in [1.165, 1.54) is 6.20 Å². The molecule has 1 aliphatic heterocycles. The number of ether oxygens (including phenoxy) is 1. The first-order valence-corrected chi connectivity index (χ1v) is 8.89. The first-order chi connectivity index (χ1) is 11.8. The second-order valence-electron chi connectivity index (χ2n) is 7.08. The molecule has 8 nitrogen and oxygen atoms in total. The van der Waals surface area contributed by atoms with Crippen molar-refractivity contribution in [3.8, 4) is 0 Å². The molecule has 0 radical (unpaired) electrons. The zero-order chi connectivity index (χ0) is 18.0. The van der Waals surface area contributed by atoms with E-state index in [1.807, 2.05) is 11.8 Å². The van der Waals surface area contributed by atoms with E-state index in [-0.39, 0.29) is 17.2 Å². The number of halogens is 1. The van der Waals surface area contributed by atoms with Crippen LogP contribution >= 0.6 is 11.6 Å². The Morgan fingerprint density at radius 3 is 2.92 bits per heavy atom. The van der Waals surface area contributed by atoms with Crippen LogP contribution in [0.25, 0.3) is 0 Å². The third-order valence-electron chi connectivity index (χ3n) is 4.92. The molecule has 2 fully saturated rings. The summed E-state index contributed by atoms with van der Waals surface area (Å²) in [7, 11) is 0. The van der Waals surface area contributed by atoms with Crippen LogP contribution in [0, 0.1) is 0 Å². The Kier molecular flexibility index (Phi) is 5.19. The first-order valence-electron chi connectivity index (χ1n) is 8.52. The van der Waals surface area contributed by atoms with Gasteiger partial charge in [0, 0.05) is 19.0 Å². The number of hydrogen-bond donors (Lipinski definition) is 3. The molecule has 2 heterocycles. The highest BCUT2D eigenvalue weighted by Gasteiger charge is 2.31. The van der Waals surface area contributed by atoms with Crippen LogP contribution in [-0.2, 0) is 4.74 Å². The van der Waals surface area contributed by atoms with Gasteiger partial charge in [-0.3, -0.25) is 4.79 Å². The van der Waals surface area contributed by atoms with Crippen molar-refractivity contribution in [2.45, 2.75) is 56.8 Å². The molecule has 0 aromatic carbocycles. The largest absolute Gasteiger partial charge is 0.444 e. The number of aliphatic hydroxyl groups is 1. The number of nitrogens with one attached hydrogen (secondary N) is 2. The van der Waals surface area contributed by atoms with Gasteiger partial charge in [0.2, 0.25) is 0 Å². The van der Waals surface area contributed by atoms with E-state index in [9.17, 15) is 14.7 Å². The van der Waals surface area contributed by atoms with Crippen molar-refractivity contribution in [2.75, 3.05) is 18.0 Å². The number of amides is 1. The number of aromatic amines is 1. The van der Waals surface area contributed by atoms with Crippen LogP contribution in [0.1, 0.15) is 39.0 Å². The van der Waals surface area contributed by atoms with Gasteiger partial charge in [-0.2, -0.15) is 5.10 Å². The quantitative estimate of drug-likeness (QED) is 0.742. The molecular formula is C16H23ClN4O4. The van der Waals surface area contributed by atoms with Crippen molar-refractivity contribution in [3.05, 3.63) is 21.6 Å². The molecule has 1 aromatic rings. The summed E-state index contributed by atoms with van der Waals surface area (Å²) >= 11 is 6.01. The van der Waals surface area contributed by atoms with Crippen molar-refractivity contribution in [3.63, 3.8) is 0 Å². The summed E-state index contributed by atoms with van der Waals surface area (Å²) in [5.41, 5.74) is -0.518. The molecule has 25 heavy (non-hydrogen) atoms. The van der Waals surface area contributed by atoms with E-state index in [0.717, 1.165) is 12.8 Å². The van der Waals surface area contributed by atoms with Crippen molar-refractivity contribution < 1.29 is 14.6 Å². The third kappa shape index (κ3) is 4.43. The molecule has 1 aliphatic carbocycles. The number of alkyl carbamates (subject to hydrolysis) is 1. The predicted molar refractivity (Wildman–Crippen MR) is 93.0 cm³/mol. The molecule has 3 N–H and O–H groups in total. The van der Waals surface area contributed by atoms with Gasteiger partial charge in [0.05, 0.1) is 24.0 Å². The van der Waals surface area contributed by atoms with Crippen LogP contribution in [0.5, 0.6) is 0 Å². The van der Waals surface area contributed by atoms with Crippen LogP contribution < -0.4 is 15.8 Å². The molecule has 1 aromatic heterocycles. The van der Waals surface area contributed by atoms with Crippen molar-refractivity contribution in [1.82, 2.24) is 15.5 Å². The molecule has 9 heteroatoms. The monoisotopic (exact) mass is 370 g/mol. The van der Waals surface area contributed by atoms with E-state index in [4.69, 9.17) is 16.3 Å². The van der Waals surface area contributed by atoms with Crippen molar-refractivity contribution in [2.24, 2.45) is 0 Å². The van der Waals surface area contributed by atoms with Crippen LogP contribution in [-0.4, -0.2) is 52.2 Å². The lowest BCUT2D eigenvalue weighted by Crippen LogP contribution is -2.43. The normalized spacial score (nSPS) is 29.5. The maximum absolute atomic E-state index is 12.1. The van der Waals surface area contributed by atoms with Crippen LogP contribution in [0.4, 0.5) is 10.5 Å². The highest BCUT2D eigenvalue weighted by molar-refractivity contribution is 6.33. The summed E-state index contributed by atoms with van der Waals surface area (Å²) in [5, 5.41) is 19.0. The Morgan fingerprint density at radius 1 is 1.48 bits per heavy atom. The second kappa shape index (κ2) is 7.21. The van der Waals surface area contributed by atoms with Gasteiger partial charge in [0.25, 0.3) is 5.56 Å². The predicted octanol–water partition coefficient (Wildman–Crippen LogP) is 1.42. The number of hydrogen-bond acceptors (Lipinski definition) is 6. The molecule has 3 rings (SSSR count). The number of nitrogens with zero attached hydrogens (tertiary/aromatic N) is 2. The van der Waals surface area contributed by atoms with Gasteiger partial charge >= 0.3 is 6.09 Å². The fourth-order valence-corrected chi connectivity index (χ4v) is 3.58.